The Morgan fingerprint density at radius 2 is 1.76 bits per heavy atom. The number of ether oxygens (including phenoxy) is 1. The first-order valence-electron chi connectivity index (χ1n) is 15.9. The second kappa shape index (κ2) is 11.2. The summed E-state index contributed by atoms with van der Waals surface area (Å²) in [6.07, 6.45) is 7.50. The average molecular weight is 576 g/mol. The maximum absolute atomic E-state index is 14.4. The zero-order valence-electron chi connectivity index (χ0n) is 25.2. The monoisotopic (exact) mass is 575 g/mol. The quantitative estimate of drug-likeness (QED) is 0.543. The predicted molar refractivity (Wildman–Crippen MR) is 157 cm³/mol. The smallest absolute Gasteiger partial charge is 0.408 e. The molecule has 0 unspecified atom stereocenters. The van der Waals surface area contributed by atoms with Crippen LogP contribution in [0, 0.1) is 17.2 Å². The third-order valence-electron chi connectivity index (χ3n) is 10.1. The van der Waals surface area contributed by atoms with Crippen LogP contribution < -0.4 is 10.6 Å². The molecule has 2 N–H and O–H groups in total. The molecule has 0 aromatic heterocycles. The SMILES string of the molecule is CC(C)(C)OC(=O)N[C@H]1CC[C@H](NC2CC(C#N)C2)C[C@H]2CC[C@@H](C(=O)N3C[C@H](c4ccccc4)CC34CC4)N2C1=O. The highest BCUT2D eigenvalue weighted by Gasteiger charge is 2.58. The van der Waals surface area contributed by atoms with E-state index >= 15 is 0 Å². The van der Waals surface area contributed by atoms with Gasteiger partial charge in [0.2, 0.25) is 11.8 Å². The summed E-state index contributed by atoms with van der Waals surface area (Å²) in [5, 5.41) is 15.8. The van der Waals surface area contributed by atoms with E-state index in [2.05, 4.69) is 45.9 Å². The number of hydrogen-bond donors (Lipinski definition) is 2. The van der Waals surface area contributed by atoms with Gasteiger partial charge < -0.3 is 25.2 Å². The minimum atomic E-state index is -0.751. The molecule has 2 saturated carbocycles. The number of alkyl carbamates (subject to hydrolysis) is 1. The Morgan fingerprint density at radius 1 is 1.02 bits per heavy atom. The van der Waals surface area contributed by atoms with Crippen LogP contribution in [-0.4, -0.2) is 75.6 Å². The maximum Gasteiger partial charge on any atom is 0.408 e. The van der Waals surface area contributed by atoms with E-state index in [4.69, 9.17) is 4.74 Å². The number of fused-ring (bicyclic) bond motifs is 1. The van der Waals surface area contributed by atoms with Gasteiger partial charge in [-0.2, -0.15) is 5.26 Å². The number of benzene rings is 1. The predicted octanol–water partition coefficient (Wildman–Crippen LogP) is 4.23. The van der Waals surface area contributed by atoms with Gasteiger partial charge in [-0.05, 0) is 90.5 Å². The van der Waals surface area contributed by atoms with Gasteiger partial charge in [0.25, 0.3) is 0 Å². The van der Waals surface area contributed by atoms with Gasteiger partial charge in [-0.25, -0.2) is 4.79 Å². The Balaban J connectivity index is 1.21. The van der Waals surface area contributed by atoms with Crippen molar-refractivity contribution in [1.82, 2.24) is 20.4 Å². The van der Waals surface area contributed by atoms with Crippen LogP contribution in [0.1, 0.15) is 96.5 Å². The highest BCUT2D eigenvalue weighted by Crippen LogP contribution is 2.54. The standard InChI is InChI=1S/C33H45N5O4/c1-32(2,3)42-31(41)36-27-11-9-24(35-25-15-21(16-25)19-34)17-26-10-12-28(38(26)29(27)39)30(40)37-20-23(18-33(37)13-14-33)22-7-5-4-6-8-22/h4-8,21,23-28,35H,9-18,20H2,1-3H3,(H,36,41)/t21?,23-,24+,25?,26-,27+,28+/m1/s1. The van der Waals surface area contributed by atoms with Crippen molar-refractivity contribution in [2.45, 2.75) is 132 Å². The van der Waals surface area contributed by atoms with Crippen molar-refractivity contribution in [3.8, 4) is 6.07 Å². The average Bonchev–Trinajstić information content (AvgIpc) is 3.41. The molecule has 1 aromatic carbocycles. The van der Waals surface area contributed by atoms with Crippen LogP contribution >= 0.6 is 0 Å². The fourth-order valence-corrected chi connectivity index (χ4v) is 7.85. The van der Waals surface area contributed by atoms with E-state index in [1.54, 1.807) is 20.8 Å². The van der Waals surface area contributed by atoms with Gasteiger partial charge in [-0.1, -0.05) is 30.3 Å². The number of carbonyl (C=O) groups is 3. The van der Waals surface area contributed by atoms with Crippen LogP contribution in [0.25, 0.3) is 0 Å². The van der Waals surface area contributed by atoms with Crippen LogP contribution in [0.3, 0.4) is 0 Å². The highest BCUT2D eigenvalue weighted by atomic mass is 16.6. The molecule has 3 aliphatic heterocycles. The maximum atomic E-state index is 14.4. The first kappa shape index (κ1) is 29.0. The van der Waals surface area contributed by atoms with E-state index < -0.39 is 23.8 Å². The Bertz CT molecular complexity index is 1230. The molecule has 3 saturated heterocycles. The number of nitrogens with one attached hydrogen (secondary N) is 2. The summed E-state index contributed by atoms with van der Waals surface area (Å²) < 4.78 is 5.52. The molecule has 3 heterocycles. The Morgan fingerprint density at radius 3 is 2.43 bits per heavy atom. The summed E-state index contributed by atoms with van der Waals surface area (Å²) in [5.41, 5.74) is 0.510. The molecule has 0 radical (unpaired) electrons. The molecule has 9 heteroatoms. The normalized spacial score (nSPS) is 33.7. The highest BCUT2D eigenvalue weighted by molar-refractivity contribution is 5.93. The van der Waals surface area contributed by atoms with Crippen LogP contribution in [-0.2, 0) is 14.3 Å². The molecule has 42 heavy (non-hydrogen) atoms. The number of rotatable bonds is 5. The Labute approximate surface area is 249 Å². The summed E-state index contributed by atoms with van der Waals surface area (Å²) in [6.45, 7) is 6.10. The molecule has 5 fully saturated rings. The van der Waals surface area contributed by atoms with Gasteiger partial charge >= 0.3 is 6.09 Å². The minimum Gasteiger partial charge on any atom is -0.444 e. The Kier molecular flexibility index (Phi) is 7.71. The van der Waals surface area contributed by atoms with Crippen LogP contribution in [0.4, 0.5) is 4.79 Å². The molecule has 0 bridgehead atoms. The van der Waals surface area contributed by atoms with Gasteiger partial charge in [0, 0.05) is 42.0 Å². The van der Waals surface area contributed by atoms with Crippen molar-refractivity contribution in [3.05, 3.63) is 35.9 Å². The summed E-state index contributed by atoms with van der Waals surface area (Å²) in [7, 11) is 0. The number of nitrogens with zero attached hydrogens (tertiary/aromatic N) is 3. The zero-order valence-corrected chi connectivity index (χ0v) is 25.2. The third-order valence-corrected chi connectivity index (χ3v) is 10.1. The largest absolute Gasteiger partial charge is 0.444 e. The molecular weight excluding hydrogens is 530 g/mol. The number of likely N-dealkylation sites (tertiary alicyclic amines) is 1. The molecule has 3 amide bonds. The number of amides is 3. The van der Waals surface area contributed by atoms with Crippen molar-refractivity contribution < 1.29 is 19.1 Å². The number of nitriles is 1. The number of carbonyl (C=O) groups excluding carboxylic acids is 3. The van der Waals surface area contributed by atoms with E-state index in [0.29, 0.717) is 31.3 Å². The van der Waals surface area contributed by atoms with Gasteiger partial charge in [-0.3, -0.25) is 9.59 Å². The van der Waals surface area contributed by atoms with Crippen molar-refractivity contribution in [2.24, 2.45) is 5.92 Å². The summed E-state index contributed by atoms with van der Waals surface area (Å²) in [5.74, 6) is 0.322. The van der Waals surface area contributed by atoms with Gasteiger partial charge in [0.1, 0.15) is 17.7 Å². The molecule has 9 nitrogen and oxygen atoms in total. The zero-order chi connectivity index (χ0) is 29.6. The summed E-state index contributed by atoms with van der Waals surface area (Å²) in [4.78, 5) is 45.3. The van der Waals surface area contributed by atoms with E-state index in [-0.39, 0.29) is 35.4 Å². The van der Waals surface area contributed by atoms with Crippen molar-refractivity contribution >= 4 is 17.9 Å². The third kappa shape index (κ3) is 5.88. The minimum absolute atomic E-state index is 0.0679. The van der Waals surface area contributed by atoms with E-state index in [0.717, 1.165) is 51.4 Å². The van der Waals surface area contributed by atoms with E-state index in [9.17, 15) is 19.6 Å². The van der Waals surface area contributed by atoms with Gasteiger partial charge in [-0.15, -0.1) is 0 Å². The Hall–Kier alpha value is -3.12. The molecule has 1 aromatic rings. The van der Waals surface area contributed by atoms with Crippen molar-refractivity contribution in [2.75, 3.05) is 6.54 Å². The lowest BCUT2D eigenvalue weighted by Gasteiger charge is -2.41. The topological polar surface area (TPSA) is 115 Å². The fourth-order valence-electron chi connectivity index (χ4n) is 7.85. The molecule has 2 aliphatic carbocycles. The van der Waals surface area contributed by atoms with Crippen LogP contribution in [0.15, 0.2) is 30.3 Å². The molecule has 226 valence electrons. The lowest BCUT2D eigenvalue weighted by atomic mass is 9.80. The first-order valence-corrected chi connectivity index (χ1v) is 15.9. The fraction of sp³-hybridized carbons (Fsp3) is 0.697. The van der Waals surface area contributed by atoms with Crippen molar-refractivity contribution in [3.63, 3.8) is 0 Å². The molecule has 5 aliphatic rings. The van der Waals surface area contributed by atoms with Crippen LogP contribution in [0.2, 0.25) is 0 Å². The van der Waals surface area contributed by atoms with Gasteiger partial charge in [0.05, 0.1) is 6.07 Å². The molecule has 1 spiro atoms. The van der Waals surface area contributed by atoms with E-state index in [1.807, 2.05) is 11.0 Å². The van der Waals surface area contributed by atoms with Crippen molar-refractivity contribution in [1.29, 1.82) is 5.26 Å². The van der Waals surface area contributed by atoms with E-state index in [1.165, 1.54) is 5.56 Å². The summed E-state index contributed by atoms with van der Waals surface area (Å²) >= 11 is 0. The first-order chi connectivity index (χ1) is 20.0. The second-order valence-electron chi connectivity index (χ2n) is 14.3. The lowest BCUT2D eigenvalue weighted by Crippen LogP contribution is -2.59. The second-order valence-corrected chi connectivity index (χ2v) is 14.3. The molecular formula is C33H45N5O4. The lowest BCUT2D eigenvalue weighted by molar-refractivity contribution is -0.148. The molecule has 6 rings (SSSR count). The van der Waals surface area contributed by atoms with Crippen LogP contribution in [0.5, 0.6) is 0 Å². The van der Waals surface area contributed by atoms with Gasteiger partial charge in [0.15, 0.2) is 0 Å². The number of hydrogen-bond acceptors (Lipinski definition) is 6. The molecule has 5 atom stereocenters. The summed E-state index contributed by atoms with van der Waals surface area (Å²) in [6, 6.07) is 11.9.